The fourth-order valence-electron chi connectivity index (χ4n) is 3.62. The Morgan fingerprint density at radius 2 is 1.81 bits per heavy atom. The Labute approximate surface area is 130 Å². The van der Waals surface area contributed by atoms with Gasteiger partial charge in [-0.05, 0) is 47.6 Å². The van der Waals surface area contributed by atoms with Crippen LogP contribution in [0.3, 0.4) is 0 Å². The Hall–Kier alpha value is -0.820. The molecule has 0 spiro atoms. The van der Waals surface area contributed by atoms with E-state index in [4.69, 9.17) is 0 Å². The lowest BCUT2D eigenvalue weighted by Gasteiger charge is -2.38. The van der Waals surface area contributed by atoms with Gasteiger partial charge in [-0.15, -0.1) is 0 Å². The predicted molar refractivity (Wildman–Crippen MR) is 90.6 cm³/mol. The first-order valence-corrected chi connectivity index (χ1v) is 8.51. The summed E-state index contributed by atoms with van der Waals surface area (Å²) in [6.07, 6.45) is 5.17. The van der Waals surface area contributed by atoms with Crippen molar-refractivity contribution in [1.82, 2.24) is 0 Å². The molecule has 2 rings (SSSR count). The van der Waals surface area contributed by atoms with Crippen LogP contribution in [-0.2, 0) is 11.8 Å². The predicted octanol–water partition coefficient (Wildman–Crippen LogP) is 5.10. The Bertz CT molecular complexity index is 452. The van der Waals surface area contributed by atoms with Crippen LogP contribution in [-0.4, -0.2) is 10.7 Å². The fraction of sp³-hybridized carbons (Fsp3) is 0.700. The van der Waals surface area contributed by atoms with Gasteiger partial charge in [0, 0.05) is 6.42 Å². The van der Waals surface area contributed by atoms with Crippen LogP contribution in [0.1, 0.15) is 71.4 Å². The van der Waals surface area contributed by atoms with E-state index in [-0.39, 0.29) is 5.41 Å². The van der Waals surface area contributed by atoms with Gasteiger partial charge in [-0.2, -0.15) is 0 Å². The topological polar surface area (TPSA) is 20.2 Å². The third-order valence-corrected chi connectivity index (χ3v) is 5.16. The minimum atomic E-state index is -0.490. The van der Waals surface area contributed by atoms with Crippen molar-refractivity contribution in [1.29, 1.82) is 0 Å². The van der Waals surface area contributed by atoms with Crippen LogP contribution < -0.4 is 0 Å². The molecule has 1 N–H and O–H groups in total. The van der Waals surface area contributed by atoms with Crippen molar-refractivity contribution in [3.05, 3.63) is 35.4 Å². The van der Waals surface area contributed by atoms with Gasteiger partial charge in [0.2, 0.25) is 0 Å². The second-order valence-electron chi connectivity index (χ2n) is 8.45. The number of hydrogen-bond acceptors (Lipinski definition) is 1. The lowest BCUT2D eigenvalue weighted by molar-refractivity contribution is -0.0239. The summed E-state index contributed by atoms with van der Waals surface area (Å²) >= 11 is 0. The maximum absolute atomic E-state index is 11.0. The molecule has 2 unspecified atom stereocenters. The highest BCUT2D eigenvalue weighted by Gasteiger charge is 2.35. The van der Waals surface area contributed by atoms with Crippen molar-refractivity contribution in [3.8, 4) is 0 Å². The molecule has 0 bridgehead atoms. The van der Waals surface area contributed by atoms with E-state index in [0.29, 0.717) is 11.8 Å². The van der Waals surface area contributed by atoms with E-state index in [2.05, 4.69) is 58.9 Å². The molecule has 0 aliphatic heterocycles. The summed E-state index contributed by atoms with van der Waals surface area (Å²) in [5.74, 6) is 1.36. The van der Waals surface area contributed by atoms with Crippen molar-refractivity contribution >= 4 is 0 Å². The smallest absolute Gasteiger partial charge is 0.0690 e. The summed E-state index contributed by atoms with van der Waals surface area (Å²) in [6.45, 7) is 11.3. The van der Waals surface area contributed by atoms with Crippen molar-refractivity contribution in [2.24, 2.45) is 11.8 Å². The van der Waals surface area contributed by atoms with E-state index in [9.17, 15) is 5.11 Å². The third-order valence-electron chi connectivity index (χ3n) is 5.16. The summed E-state index contributed by atoms with van der Waals surface area (Å²) in [6, 6.07) is 8.86. The Kier molecular flexibility index (Phi) is 4.82. The average molecular weight is 288 g/mol. The zero-order valence-corrected chi connectivity index (χ0v) is 14.4. The molecule has 1 fully saturated rings. The lowest BCUT2D eigenvalue weighted by atomic mass is 9.71. The molecule has 1 aromatic rings. The van der Waals surface area contributed by atoms with Crippen LogP contribution in [0.25, 0.3) is 0 Å². The fourth-order valence-corrected chi connectivity index (χ4v) is 3.62. The average Bonchev–Trinajstić information content (AvgIpc) is 2.37. The maximum Gasteiger partial charge on any atom is 0.0690 e. The number of benzene rings is 1. The van der Waals surface area contributed by atoms with Crippen LogP contribution in [0.2, 0.25) is 0 Å². The highest BCUT2D eigenvalue weighted by Crippen LogP contribution is 2.38. The van der Waals surface area contributed by atoms with Crippen molar-refractivity contribution in [2.75, 3.05) is 0 Å². The first kappa shape index (κ1) is 16.5. The zero-order chi connectivity index (χ0) is 15.7. The molecular weight excluding hydrogens is 256 g/mol. The van der Waals surface area contributed by atoms with E-state index < -0.39 is 5.60 Å². The van der Waals surface area contributed by atoms with Crippen molar-refractivity contribution < 1.29 is 5.11 Å². The van der Waals surface area contributed by atoms with Crippen LogP contribution in [0.5, 0.6) is 0 Å². The first-order valence-electron chi connectivity index (χ1n) is 8.51. The molecular formula is C20H32O. The molecule has 1 nitrogen and oxygen atoms in total. The molecule has 21 heavy (non-hydrogen) atoms. The molecule has 0 heterocycles. The second-order valence-corrected chi connectivity index (χ2v) is 8.45. The van der Waals surface area contributed by atoms with Crippen LogP contribution in [0.15, 0.2) is 24.3 Å². The van der Waals surface area contributed by atoms with E-state index in [1.165, 1.54) is 24.0 Å². The number of hydrogen-bond donors (Lipinski definition) is 1. The van der Waals surface area contributed by atoms with E-state index >= 15 is 0 Å². The minimum absolute atomic E-state index is 0.197. The highest BCUT2D eigenvalue weighted by molar-refractivity contribution is 5.28. The SMILES string of the molecule is CC(C)C1CCCC(O)(Cc2ccc(C(C)(C)C)cc2)C1. The van der Waals surface area contributed by atoms with Gasteiger partial charge in [-0.3, -0.25) is 0 Å². The summed E-state index contributed by atoms with van der Waals surface area (Å²) < 4.78 is 0. The molecule has 2 atom stereocenters. The number of aliphatic hydroxyl groups is 1. The van der Waals surface area contributed by atoms with Crippen LogP contribution >= 0.6 is 0 Å². The number of rotatable bonds is 3. The zero-order valence-electron chi connectivity index (χ0n) is 14.4. The van der Waals surface area contributed by atoms with E-state index in [1.54, 1.807) is 0 Å². The quantitative estimate of drug-likeness (QED) is 0.820. The highest BCUT2D eigenvalue weighted by atomic mass is 16.3. The molecule has 1 aromatic carbocycles. The molecule has 1 aliphatic carbocycles. The van der Waals surface area contributed by atoms with Gasteiger partial charge in [0.25, 0.3) is 0 Å². The van der Waals surface area contributed by atoms with Gasteiger partial charge in [0.1, 0.15) is 0 Å². The van der Waals surface area contributed by atoms with Gasteiger partial charge in [-0.1, -0.05) is 65.3 Å². The monoisotopic (exact) mass is 288 g/mol. The molecule has 0 saturated heterocycles. The lowest BCUT2D eigenvalue weighted by Crippen LogP contribution is -2.38. The summed E-state index contributed by atoms with van der Waals surface area (Å²) in [4.78, 5) is 0. The first-order chi connectivity index (χ1) is 9.70. The molecule has 1 aliphatic rings. The van der Waals surface area contributed by atoms with E-state index in [1.807, 2.05) is 0 Å². The van der Waals surface area contributed by atoms with Crippen molar-refractivity contribution in [3.63, 3.8) is 0 Å². The molecule has 1 saturated carbocycles. The Balaban J connectivity index is 2.06. The molecule has 118 valence electrons. The molecule has 1 heteroatoms. The summed E-state index contributed by atoms with van der Waals surface area (Å²) in [5, 5.41) is 11.0. The van der Waals surface area contributed by atoms with Crippen molar-refractivity contribution in [2.45, 2.75) is 77.7 Å². The van der Waals surface area contributed by atoms with Gasteiger partial charge in [0.05, 0.1) is 5.60 Å². The standard InChI is InChI=1S/C20H32O/c1-15(2)17-7-6-12-20(21,14-17)13-16-8-10-18(11-9-16)19(3,4)5/h8-11,15,17,21H,6-7,12-14H2,1-5H3. The molecule has 0 aromatic heterocycles. The largest absolute Gasteiger partial charge is 0.390 e. The van der Waals surface area contributed by atoms with Gasteiger partial charge >= 0.3 is 0 Å². The molecule has 0 amide bonds. The van der Waals surface area contributed by atoms with Gasteiger partial charge in [0.15, 0.2) is 0 Å². The van der Waals surface area contributed by atoms with Crippen LogP contribution in [0, 0.1) is 11.8 Å². The summed E-state index contributed by atoms with van der Waals surface area (Å²) in [7, 11) is 0. The second kappa shape index (κ2) is 6.12. The third kappa shape index (κ3) is 4.32. The van der Waals surface area contributed by atoms with Gasteiger partial charge < -0.3 is 5.11 Å². The van der Waals surface area contributed by atoms with Crippen LogP contribution in [0.4, 0.5) is 0 Å². The minimum Gasteiger partial charge on any atom is -0.390 e. The Morgan fingerprint density at radius 1 is 1.19 bits per heavy atom. The van der Waals surface area contributed by atoms with E-state index in [0.717, 1.165) is 19.3 Å². The molecule has 0 radical (unpaired) electrons. The maximum atomic E-state index is 11.0. The normalized spacial score (nSPS) is 27.1. The Morgan fingerprint density at radius 3 is 2.33 bits per heavy atom. The van der Waals surface area contributed by atoms with Gasteiger partial charge in [-0.25, -0.2) is 0 Å². The summed E-state index contributed by atoms with van der Waals surface area (Å²) in [5.41, 5.74) is 2.34.